The third-order valence-electron chi connectivity index (χ3n) is 11.4. The Morgan fingerprint density at radius 1 is 0.411 bits per heavy atom. The van der Waals surface area contributed by atoms with Gasteiger partial charge >= 0.3 is 0 Å². The van der Waals surface area contributed by atoms with Gasteiger partial charge in [0.25, 0.3) is 0 Å². The molecule has 0 aliphatic rings. The van der Waals surface area contributed by atoms with E-state index in [1.165, 1.54) is 54.9 Å². The van der Waals surface area contributed by atoms with E-state index in [9.17, 15) is 0 Å². The normalized spacial score (nSPS) is 11.9. The van der Waals surface area contributed by atoms with E-state index < -0.39 is 0 Å². The molecule has 0 fully saturated rings. The summed E-state index contributed by atoms with van der Waals surface area (Å²) in [6.45, 7) is 17.6. The van der Waals surface area contributed by atoms with Crippen LogP contribution in [0.25, 0.3) is 88.7 Å². The molecule has 2 heterocycles. The lowest BCUT2D eigenvalue weighted by molar-refractivity contribution is 0.838. The second kappa shape index (κ2) is 13.8. The second-order valence-corrected chi connectivity index (χ2v) is 16.1. The van der Waals surface area contributed by atoms with Crippen LogP contribution in [0.1, 0.15) is 73.2 Å². The summed E-state index contributed by atoms with van der Waals surface area (Å²) in [5.41, 5.74) is 15.6. The van der Waals surface area contributed by atoms with Crippen LogP contribution < -0.4 is 0 Å². The predicted molar refractivity (Wildman–Crippen MR) is 236 cm³/mol. The lowest BCUT2D eigenvalue weighted by atomic mass is 9.82. The number of nitrogens with zero attached hydrogens (tertiary/aromatic N) is 4. The molecular weight excluding hydrogens is 681 g/mol. The summed E-state index contributed by atoms with van der Waals surface area (Å²) >= 11 is 0. The predicted octanol–water partition coefficient (Wildman–Crippen LogP) is 14.0. The number of hydrogen-bond acceptors (Lipinski definition) is 4. The molecule has 4 nitrogen and oxygen atoms in total. The number of benzene rings is 7. The first-order valence-electron chi connectivity index (χ1n) is 19.8. The van der Waals surface area contributed by atoms with Crippen LogP contribution in [0.4, 0.5) is 0 Å². The van der Waals surface area contributed by atoms with Gasteiger partial charge in [0.05, 0.1) is 11.4 Å². The summed E-state index contributed by atoms with van der Waals surface area (Å²) in [6.07, 6.45) is 0. The summed E-state index contributed by atoms with van der Waals surface area (Å²) in [6, 6.07) is 44.0. The third kappa shape index (κ3) is 6.01. The highest BCUT2D eigenvalue weighted by Crippen LogP contribution is 2.46. The Morgan fingerprint density at radius 3 is 1.32 bits per heavy atom. The van der Waals surface area contributed by atoms with Crippen molar-refractivity contribution in [2.24, 2.45) is 0 Å². The summed E-state index contributed by atoms with van der Waals surface area (Å²) in [7, 11) is 0. The van der Waals surface area contributed by atoms with Crippen LogP contribution in [0.2, 0.25) is 0 Å². The maximum atomic E-state index is 5.30. The molecule has 9 rings (SSSR count). The van der Waals surface area contributed by atoms with Crippen LogP contribution in [0.15, 0.2) is 121 Å². The van der Waals surface area contributed by atoms with E-state index >= 15 is 0 Å². The number of rotatable bonds is 7. The summed E-state index contributed by atoms with van der Waals surface area (Å²) in [5, 5.41) is 7.08. The molecule has 0 aliphatic heterocycles. The minimum Gasteiger partial charge on any atom is -0.233 e. The van der Waals surface area contributed by atoms with E-state index in [1.807, 2.05) is 0 Å². The Hall–Kier alpha value is -6.26. The second-order valence-electron chi connectivity index (χ2n) is 16.1. The zero-order valence-corrected chi connectivity index (χ0v) is 33.5. The van der Waals surface area contributed by atoms with Crippen molar-refractivity contribution < 1.29 is 0 Å². The van der Waals surface area contributed by atoms with Gasteiger partial charge in [-0.25, -0.2) is 19.9 Å². The Labute approximate surface area is 329 Å². The van der Waals surface area contributed by atoms with Crippen molar-refractivity contribution in [1.82, 2.24) is 19.9 Å². The maximum absolute atomic E-state index is 5.30. The summed E-state index contributed by atoms with van der Waals surface area (Å²) < 4.78 is 0. The van der Waals surface area contributed by atoms with E-state index in [1.54, 1.807) is 0 Å². The van der Waals surface area contributed by atoms with Gasteiger partial charge in [-0.05, 0) is 136 Å². The van der Waals surface area contributed by atoms with E-state index in [2.05, 4.69) is 177 Å². The van der Waals surface area contributed by atoms with E-state index in [0.717, 1.165) is 55.8 Å². The van der Waals surface area contributed by atoms with Gasteiger partial charge in [0.1, 0.15) is 0 Å². The van der Waals surface area contributed by atoms with Gasteiger partial charge < -0.3 is 0 Å². The Balaban J connectivity index is 1.37. The fourth-order valence-corrected chi connectivity index (χ4v) is 8.69. The molecule has 0 saturated carbocycles. The highest BCUT2D eigenvalue weighted by molar-refractivity contribution is 6.28. The zero-order chi connectivity index (χ0) is 38.8. The number of hydrogen-bond donors (Lipinski definition) is 0. The average molecular weight is 727 g/mol. The van der Waals surface area contributed by atoms with Crippen LogP contribution >= 0.6 is 0 Å². The van der Waals surface area contributed by atoms with Crippen molar-refractivity contribution >= 4 is 32.3 Å². The van der Waals surface area contributed by atoms with E-state index in [4.69, 9.17) is 19.9 Å². The smallest absolute Gasteiger partial charge is 0.160 e. The molecule has 7 aromatic carbocycles. The van der Waals surface area contributed by atoms with Gasteiger partial charge in [0.15, 0.2) is 11.6 Å². The molecule has 0 unspecified atom stereocenters. The maximum Gasteiger partial charge on any atom is 0.160 e. The SMILES string of the molecule is Cc1cc(-c2ccccc2C)nc(-c2cc(-c3nc(C)cc(-c4ccccc4C)n3)c3ccc4cc(-c5c(C(C)C)cccc5C(C)C)cc5ccc2c3c54)n1. The van der Waals surface area contributed by atoms with Gasteiger partial charge in [-0.3, -0.25) is 0 Å². The molecular formula is C52H46N4. The minimum absolute atomic E-state index is 0.400. The Kier molecular flexibility index (Phi) is 8.73. The van der Waals surface area contributed by atoms with Crippen molar-refractivity contribution in [1.29, 1.82) is 0 Å². The van der Waals surface area contributed by atoms with Crippen LogP contribution in [0.3, 0.4) is 0 Å². The van der Waals surface area contributed by atoms with Crippen molar-refractivity contribution in [2.75, 3.05) is 0 Å². The first-order valence-corrected chi connectivity index (χ1v) is 19.8. The molecule has 0 bridgehead atoms. The highest BCUT2D eigenvalue weighted by Gasteiger charge is 2.23. The monoisotopic (exact) mass is 726 g/mol. The minimum atomic E-state index is 0.400. The topological polar surface area (TPSA) is 51.6 Å². The highest BCUT2D eigenvalue weighted by atomic mass is 14.9. The van der Waals surface area contributed by atoms with Crippen LogP contribution in [-0.4, -0.2) is 19.9 Å². The average Bonchev–Trinajstić information content (AvgIpc) is 3.19. The molecule has 0 N–H and O–H groups in total. The Bertz CT molecular complexity index is 2780. The standard InChI is InChI=1S/C52H46N4/c1-29(2)38-18-13-19-39(30(3)4)49(38)37-26-35-20-22-42-44(51-53-33(7)24-46(55-51)40-16-11-9-14-31(40)5)28-45(43-23-21-36(27-37)48(35)50(42)43)52-54-34(8)25-47(56-52)41-17-12-10-15-32(41)6/h9-30H,1-8H3. The number of aromatic nitrogens is 4. The summed E-state index contributed by atoms with van der Waals surface area (Å²) in [5.74, 6) is 2.19. The first-order chi connectivity index (χ1) is 27.0. The van der Waals surface area contributed by atoms with Gasteiger partial charge in [0, 0.05) is 33.6 Å². The fourth-order valence-electron chi connectivity index (χ4n) is 8.69. The van der Waals surface area contributed by atoms with Gasteiger partial charge in [-0.1, -0.05) is 119 Å². The van der Waals surface area contributed by atoms with Crippen molar-refractivity contribution in [3.63, 3.8) is 0 Å². The zero-order valence-electron chi connectivity index (χ0n) is 33.5. The van der Waals surface area contributed by atoms with Crippen LogP contribution in [-0.2, 0) is 0 Å². The van der Waals surface area contributed by atoms with Crippen LogP contribution in [0.5, 0.6) is 0 Å². The van der Waals surface area contributed by atoms with Crippen LogP contribution in [0, 0.1) is 27.7 Å². The van der Waals surface area contributed by atoms with Crippen molar-refractivity contribution in [2.45, 2.75) is 67.2 Å². The molecule has 4 heteroatoms. The van der Waals surface area contributed by atoms with Gasteiger partial charge in [-0.2, -0.15) is 0 Å². The van der Waals surface area contributed by atoms with E-state index in [0.29, 0.717) is 23.5 Å². The van der Waals surface area contributed by atoms with Gasteiger partial charge in [0.2, 0.25) is 0 Å². The summed E-state index contributed by atoms with van der Waals surface area (Å²) in [4.78, 5) is 20.9. The number of aryl methyl sites for hydroxylation is 4. The quantitative estimate of drug-likeness (QED) is 0.153. The molecule has 56 heavy (non-hydrogen) atoms. The molecule has 274 valence electrons. The largest absolute Gasteiger partial charge is 0.233 e. The molecule has 0 aliphatic carbocycles. The van der Waals surface area contributed by atoms with Gasteiger partial charge in [-0.15, -0.1) is 0 Å². The molecule has 0 radical (unpaired) electrons. The fraction of sp³-hybridized carbons (Fsp3) is 0.192. The molecule has 0 atom stereocenters. The third-order valence-corrected chi connectivity index (χ3v) is 11.4. The molecule has 9 aromatic rings. The molecule has 0 saturated heterocycles. The molecule has 2 aromatic heterocycles. The van der Waals surface area contributed by atoms with E-state index in [-0.39, 0.29) is 0 Å². The first kappa shape index (κ1) is 35.4. The molecule has 0 amide bonds. The van der Waals surface area contributed by atoms with Crippen molar-refractivity contribution in [3.05, 3.63) is 155 Å². The lowest BCUT2D eigenvalue weighted by Gasteiger charge is -2.22. The Morgan fingerprint density at radius 2 is 0.875 bits per heavy atom. The molecule has 0 spiro atoms. The lowest BCUT2D eigenvalue weighted by Crippen LogP contribution is -2.01. The van der Waals surface area contributed by atoms with Crippen molar-refractivity contribution in [3.8, 4) is 56.4 Å².